The molecule has 0 spiro atoms. The number of carbonyl (C=O) groups is 2. The van der Waals surface area contributed by atoms with E-state index >= 15 is 0 Å². The highest BCUT2D eigenvalue weighted by Crippen LogP contribution is 2.47. The van der Waals surface area contributed by atoms with Crippen LogP contribution in [-0.4, -0.2) is 52.3 Å². The number of urea groups is 1. The van der Waals surface area contributed by atoms with Gasteiger partial charge in [0, 0.05) is 52.8 Å². The van der Waals surface area contributed by atoms with Gasteiger partial charge in [0.1, 0.15) is 11.5 Å². The maximum atomic E-state index is 13.8. The van der Waals surface area contributed by atoms with Crippen LogP contribution in [0.25, 0.3) is 22.4 Å². The lowest BCUT2D eigenvalue weighted by Crippen LogP contribution is -2.51. The fourth-order valence-electron chi connectivity index (χ4n) is 7.00. The number of nitrogens with zero attached hydrogens (tertiary/aromatic N) is 3. The number of esters is 1. The lowest BCUT2D eigenvalue weighted by molar-refractivity contribution is -0.0181. The molecule has 11 heteroatoms. The van der Waals surface area contributed by atoms with Crippen LogP contribution in [0.3, 0.4) is 0 Å². The zero-order valence-corrected chi connectivity index (χ0v) is 27.1. The molecule has 2 bridgehead atoms. The van der Waals surface area contributed by atoms with Crippen molar-refractivity contribution in [2.24, 2.45) is 5.92 Å². The molecule has 2 unspecified atom stereocenters. The van der Waals surface area contributed by atoms with Gasteiger partial charge in [-0.2, -0.15) is 0 Å². The van der Waals surface area contributed by atoms with Gasteiger partial charge in [-0.05, 0) is 80.0 Å². The van der Waals surface area contributed by atoms with Crippen molar-refractivity contribution in [3.63, 3.8) is 0 Å². The highest BCUT2D eigenvalue weighted by Gasteiger charge is 2.48. The van der Waals surface area contributed by atoms with Crippen molar-refractivity contribution in [2.75, 3.05) is 12.4 Å². The van der Waals surface area contributed by atoms with Crippen LogP contribution in [0.4, 0.5) is 10.5 Å². The minimum atomic E-state index is -0.481. The number of methoxy groups -OCH3 is 1. The van der Waals surface area contributed by atoms with Crippen LogP contribution < -0.4 is 5.32 Å². The van der Waals surface area contributed by atoms with E-state index in [0.717, 1.165) is 41.7 Å². The number of hydrogen-bond donors (Lipinski definition) is 1. The number of carbonyl (C=O) groups excluding carboxylic acids is 2. The normalized spacial score (nSPS) is 22.1. The molecule has 2 saturated heterocycles. The number of rotatable bonds is 8. The van der Waals surface area contributed by atoms with E-state index in [-0.39, 0.29) is 24.2 Å². The predicted molar refractivity (Wildman–Crippen MR) is 175 cm³/mol. The summed E-state index contributed by atoms with van der Waals surface area (Å²) in [6.07, 6.45) is 7.78. The van der Waals surface area contributed by atoms with Crippen molar-refractivity contribution in [2.45, 2.75) is 69.7 Å². The van der Waals surface area contributed by atoms with Crippen LogP contribution in [0.1, 0.15) is 66.6 Å². The van der Waals surface area contributed by atoms with Crippen LogP contribution >= 0.6 is 23.2 Å². The standard InChI is InChI=1S/C35H34Cl2N4O5/c1-19-11-25-15-26(45-18-27-32(40-46-33(27)20-8-9-20)31-28(36)6-3-7-29(31)37)16-30(19)41(25)35(43)39-24-13-22(21-5-4-10-38-17-21)12-23(14-24)34(42)44-2/h3-7,10,12-14,17,19-20,25-26,30H,8-9,11,15-16,18H2,1-2H3,(H,39,43)/t19-,25?,26+,30?/m1/s1. The number of pyridine rings is 1. The second-order valence-electron chi connectivity index (χ2n) is 12.5. The van der Waals surface area contributed by atoms with E-state index in [9.17, 15) is 9.59 Å². The van der Waals surface area contributed by atoms with Gasteiger partial charge >= 0.3 is 12.0 Å². The van der Waals surface area contributed by atoms with E-state index in [2.05, 4.69) is 22.4 Å². The number of halogens is 2. The third kappa shape index (κ3) is 5.99. The second-order valence-corrected chi connectivity index (χ2v) is 13.3. The van der Waals surface area contributed by atoms with Gasteiger partial charge in [0.05, 0.1) is 35.4 Å². The van der Waals surface area contributed by atoms with Gasteiger partial charge in [0.15, 0.2) is 0 Å². The first kappa shape index (κ1) is 30.7. The number of amides is 2. The molecule has 1 N–H and O–H groups in total. The molecule has 46 heavy (non-hydrogen) atoms. The fraction of sp³-hybridized carbons (Fsp3) is 0.371. The highest BCUT2D eigenvalue weighted by molar-refractivity contribution is 6.39. The lowest BCUT2D eigenvalue weighted by Gasteiger charge is -2.39. The Morgan fingerprint density at radius 3 is 2.54 bits per heavy atom. The molecule has 2 amide bonds. The lowest BCUT2D eigenvalue weighted by atomic mass is 9.97. The summed E-state index contributed by atoms with van der Waals surface area (Å²) in [6, 6.07) is 14.2. The van der Waals surface area contributed by atoms with Gasteiger partial charge in [0.2, 0.25) is 0 Å². The highest BCUT2D eigenvalue weighted by atomic mass is 35.5. The topological polar surface area (TPSA) is 107 Å². The number of aromatic nitrogens is 2. The first-order valence-corrected chi connectivity index (χ1v) is 16.3. The second kappa shape index (κ2) is 12.7. The van der Waals surface area contributed by atoms with E-state index < -0.39 is 5.97 Å². The Morgan fingerprint density at radius 2 is 1.85 bits per heavy atom. The zero-order chi connectivity index (χ0) is 31.9. The smallest absolute Gasteiger partial charge is 0.337 e. The van der Waals surface area contributed by atoms with Crippen molar-refractivity contribution in [1.29, 1.82) is 0 Å². The van der Waals surface area contributed by atoms with Crippen LogP contribution in [0, 0.1) is 5.92 Å². The number of nitrogens with one attached hydrogen (secondary N) is 1. The quantitative estimate of drug-likeness (QED) is 0.189. The van der Waals surface area contributed by atoms with E-state index in [1.807, 2.05) is 29.2 Å². The molecule has 3 fully saturated rings. The maximum absolute atomic E-state index is 13.8. The molecule has 4 heterocycles. The molecular weight excluding hydrogens is 627 g/mol. The molecule has 2 aliphatic heterocycles. The molecule has 9 nitrogen and oxygen atoms in total. The molecule has 238 valence electrons. The third-order valence-corrected chi connectivity index (χ3v) is 9.99. The van der Waals surface area contributed by atoms with Crippen LogP contribution in [0.5, 0.6) is 0 Å². The number of anilines is 1. The first-order valence-electron chi connectivity index (χ1n) is 15.6. The Kier molecular flexibility index (Phi) is 8.48. The van der Waals surface area contributed by atoms with Gasteiger partial charge in [-0.15, -0.1) is 0 Å². The van der Waals surface area contributed by atoms with Gasteiger partial charge < -0.3 is 24.2 Å². The van der Waals surface area contributed by atoms with E-state index in [1.165, 1.54) is 7.11 Å². The van der Waals surface area contributed by atoms with Crippen LogP contribution in [-0.2, 0) is 16.1 Å². The first-order chi connectivity index (χ1) is 22.3. The molecule has 1 aliphatic carbocycles. The minimum absolute atomic E-state index is 0.00759. The van der Waals surface area contributed by atoms with Crippen molar-refractivity contribution < 1.29 is 23.6 Å². The van der Waals surface area contributed by atoms with E-state index in [4.69, 9.17) is 37.2 Å². The average Bonchev–Trinajstić information content (AvgIpc) is 3.78. The van der Waals surface area contributed by atoms with Crippen LogP contribution in [0.15, 0.2) is 65.4 Å². The third-order valence-electron chi connectivity index (χ3n) is 9.36. The summed E-state index contributed by atoms with van der Waals surface area (Å²) in [5.41, 5.74) is 4.63. The summed E-state index contributed by atoms with van der Waals surface area (Å²) in [6.45, 7) is 2.52. The van der Waals surface area contributed by atoms with E-state index in [0.29, 0.717) is 63.8 Å². The monoisotopic (exact) mass is 660 g/mol. The van der Waals surface area contributed by atoms with Crippen molar-refractivity contribution in [3.05, 3.63) is 87.9 Å². The molecule has 1 saturated carbocycles. The molecule has 7 rings (SSSR count). The number of fused-ring (bicyclic) bond motifs is 2. The van der Waals surface area contributed by atoms with Gasteiger partial charge in [-0.3, -0.25) is 4.98 Å². The summed E-state index contributed by atoms with van der Waals surface area (Å²) in [7, 11) is 1.34. The maximum Gasteiger partial charge on any atom is 0.337 e. The largest absolute Gasteiger partial charge is 0.465 e. The van der Waals surface area contributed by atoms with Gasteiger partial charge in [-0.1, -0.05) is 47.4 Å². The Balaban J connectivity index is 1.08. The summed E-state index contributed by atoms with van der Waals surface area (Å²) in [5, 5.41) is 8.49. The predicted octanol–water partition coefficient (Wildman–Crippen LogP) is 8.36. The molecule has 2 aromatic heterocycles. The summed E-state index contributed by atoms with van der Waals surface area (Å²) in [4.78, 5) is 32.4. The molecule has 4 atom stereocenters. The van der Waals surface area contributed by atoms with Crippen LogP contribution in [0.2, 0.25) is 10.0 Å². The molecule has 3 aliphatic rings. The molecular formula is C35H34Cl2N4O5. The number of hydrogen-bond acceptors (Lipinski definition) is 7. The fourth-order valence-corrected chi connectivity index (χ4v) is 7.57. The van der Waals surface area contributed by atoms with Crippen molar-refractivity contribution in [1.82, 2.24) is 15.0 Å². The number of benzene rings is 2. The summed E-state index contributed by atoms with van der Waals surface area (Å²) >= 11 is 13.1. The Morgan fingerprint density at radius 1 is 1.04 bits per heavy atom. The average molecular weight is 662 g/mol. The Labute approximate surface area is 277 Å². The van der Waals surface area contributed by atoms with Gasteiger partial charge in [0.25, 0.3) is 0 Å². The molecule has 2 aromatic carbocycles. The molecule has 0 radical (unpaired) electrons. The Bertz CT molecular complexity index is 1760. The Hall–Kier alpha value is -3.92. The minimum Gasteiger partial charge on any atom is -0.465 e. The van der Waals surface area contributed by atoms with Crippen molar-refractivity contribution in [3.8, 4) is 22.4 Å². The number of ether oxygens (including phenoxy) is 2. The molecule has 4 aromatic rings. The van der Waals surface area contributed by atoms with Gasteiger partial charge in [-0.25, -0.2) is 9.59 Å². The summed E-state index contributed by atoms with van der Waals surface area (Å²) in [5.74, 6) is 1.01. The summed E-state index contributed by atoms with van der Waals surface area (Å²) < 4.78 is 17.4. The van der Waals surface area contributed by atoms with E-state index in [1.54, 1.807) is 36.7 Å². The van der Waals surface area contributed by atoms with Crippen molar-refractivity contribution >= 4 is 40.9 Å². The zero-order valence-electron chi connectivity index (χ0n) is 25.5. The SMILES string of the molecule is COC(=O)c1cc(NC(=O)N2C3C[C@H](OCc4c(-c5c(Cl)cccc5Cl)noc4C4CC4)CC2[C@H](C)C3)cc(-c2cccnc2)c1. The number of piperidine rings is 1.